The SMILES string of the molecule is CCCCCOc1ccc(-c2ccc(-c3ccc(C(=O)NC4CC(O)CNC(=O)C5CC(C)CN5C(=O)C(C(C)O)NC(=O)C(C(O)Cc5ccc(O)cc5)NC(=O)C5CC(O)CN5C(=O)C(CC)NC4=O)cc3)cc2)cc1. The molecular weight excluding hydrogens is 1000 g/mol. The van der Waals surface area contributed by atoms with Crippen molar-refractivity contribution in [3.05, 3.63) is 108 Å². The Morgan fingerprint density at radius 3 is 1.85 bits per heavy atom. The monoisotopic (exact) mass is 1080 g/mol. The fraction of sp³-hybridized carbons (Fsp3) is 0.466. The quantitative estimate of drug-likeness (QED) is 0.0813. The first-order valence-corrected chi connectivity index (χ1v) is 26.9. The summed E-state index contributed by atoms with van der Waals surface area (Å²) in [4.78, 5) is 102. The number of β-amino-alcohol motifs (C(OH)–C–C–N with tert-alkyl or cyclic N) is 1. The van der Waals surface area contributed by atoms with E-state index in [9.17, 15) is 59.1 Å². The molecule has 11 unspecified atom stereocenters. The number of hydrogen-bond acceptors (Lipinski definition) is 13. The molecule has 4 aromatic carbocycles. The van der Waals surface area contributed by atoms with Gasteiger partial charge in [-0.15, -0.1) is 0 Å². The number of amides is 7. The largest absolute Gasteiger partial charge is 0.508 e. The van der Waals surface area contributed by atoms with Gasteiger partial charge in [0.05, 0.1) is 31.0 Å². The molecule has 10 N–H and O–H groups in total. The van der Waals surface area contributed by atoms with E-state index >= 15 is 0 Å². The Labute approximate surface area is 453 Å². The van der Waals surface area contributed by atoms with Crippen LogP contribution in [0.15, 0.2) is 97.1 Å². The lowest BCUT2D eigenvalue weighted by molar-refractivity contribution is -0.145. The van der Waals surface area contributed by atoms with Crippen LogP contribution in [0.3, 0.4) is 0 Å². The molecule has 78 heavy (non-hydrogen) atoms. The van der Waals surface area contributed by atoms with Gasteiger partial charge in [-0.05, 0) is 96.3 Å². The number of carbonyl (C=O) groups excluding carboxylic acids is 7. The third-order valence-corrected chi connectivity index (χ3v) is 14.6. The van der Waals surface area contributed by atoms with Crippen LogP contribution >= 0.6 is 0 Å². The molecule has 11 atom stereocenters. The highest BCUT2D eigenvalue weighted by Crippen LogP contribution is 2.29. The highest BCUT2D eigenvalue weighted by atomic mass is 16.5. The minimum Gasteiger partial charge on any atom is -0.508 e. The van der Waals surface area contributed by atoms with Crippen LogP contribution in [-0.2, 0) is 35.2 Å². The number of benzene rings is 4. The van der Waals surface area contributed by atoms with E-state index in [1.807, 2.05) is 48.5 Å². The van der Waals surface area contributed by atoms with E-state index in [0.29, 0.717) is 12.2 Å². The molecule has 3 aliphatic heterocycles. The van der Waals surface area contributed by atoms with Crippen molar-refractivity contribution in [2.24, 2.45) is 5.92 Å². The molecule has 3 aliphatic rings. The summed E-state index contributed by atoms with van der Waals surface area (Å²) < 4.78 is 5.86. The molecule has 418 valence electrons. The number of nitrogens with zero attached hydrogens (tertiary/aromatic N) is 2. The number of rotatable bonds is 14. The average Bonchev–Trinajstić information content (AvgIpc) is 4.05. The summed E-state index contributed by atoms with van der Waals surface area (Å²) in [5, 5.41) is 67.7. The van der Waals surface area contributed by atoms with Crippen LogP contribution in [0, 0.1) is 5.92 Å². The van der Waals surface area contributed by atoms with E-state index in [-0.39, 0.29) is 56.0 Å². The minimum absolute atomic E-state index is 0.0326. The van der Waals surface area contributed by atoms with Crippen molar-refractivity contribution in [2.45, 2.75) is 140 Å². The summed E-state index contributed by atoms with van der Waals surface area (Å²) >= 11 is 0. The number of phenols is 1. The normalized spacial score (nSPS) is 25.6. The Hall–Kier alpha value is -7.39. The zero-order valence-electron chi connectivity index (χ0n) is 44.5. The van der Waals surface area contributed by atoms with E-state index in [0.717, 1.165) is 52.2 Å². The number of nitrogens with one attached hydrogen (secondary N) is 5. The number of ether oxygens (including phenoxy) is 1. The third kappa shape index (κ3) is 14.8. The number of aliphatic hydroxyl groups excluding tert-OH is 4. The summed E-state index contributed by atoms with van der Waals surface area (Å²) in [6, 6.07) is 19.3. The fourth-order valence-electron chi connectivity index (χ4n) is 10.2. The molecule has 0 aromatic heterocycles. The fourth-order valence-corrected chi connectivity index (χ4v) is 10.2. The molecular formula is C58H73N7O13. The molecule has 0 radical (unpaired) electrons. The van der Waals surface area contributed by atoms with Crippen molar-refractivity contribution >= 4 is 41.4 Å². The number of hydrogen-bond donors (Lipinski definition) is 10. The first-order chi connectivity index (χ1) is 37.3. The van der Waals surface area contributed by atoms with E-state index in [1.54, 1.807) is 38.1 Å². The third-order valence-electron chi connectivity index (χ3n) is 14.6. The highest BCUT2D eigenvalue weighted by molar-refractivity contribution is 6.00. The molecule has 3 saturated heterocycles. The number of unbranched alkanes of at least 4 members (excludes halogenated alkanes) is 2. The van der Waals surface area contributed by atoms with E-state index in [2.05, 4.69) is 33.5 Å². The van der Waals surface area contributed by atoms with Crippen molar-refractivity contribution in [3.63, 3.8) is 0 Å². The molecule has 0 bridgehead atoms. The molecule has 20 heteroatoms. The summed E-state index contributed by atoms with van der Waals surface area (Å²) in [7, 11) is 0. The Bertz CT molecular complexity index is 2720. The summed E-state index contributed by atoms with van der Waals surface area (Å²) in [6.45, 7) is 6.71. The lowest BCUT2D eigenvalue weighted by Gasteiger charge is -2.33. The van der Waals surface area contributed by atoms with Gasteiger partial charge in [-0.3, -0.25) is 33.6 Å². The lowest BCUT2D eigenvalue weighted by Crippen LogP contribution is -2.63. The van der Waals surface area contributed by atoms with E-state index < -0.39 is 115 Å². The molecule has 3 fully saturated rings. The van der Waals surface area contributed by atoms with Crippen LogP contribution in [0.5, 0.6) is 11.5 Å². The second-order valence-corrected chi connectivity index (χ2v) is 20.8. The summed E-state index contributed by atoms with van der Waals surface area (Å²) in [6.07, 6.45) is -3.58. The van der Waals surface area contributed by atoms with E-state index in [4.69, 9.17) is 4.74 Å². The van der Waals surface area contributed by atoms with Gasteiger partial charge in [-0.1, -0.05) is 94.3 Å². The first kappa shape index (κ1) is 58.3. The Morgan fingerprint density at radius 2 is 1.24 bits per heavy atom. The molecule has 7 amide bonds. The number of aromatic hydroxyl groups is 1. The average molecular weight is 1080 g/mol. The maximum atomic E-state index is 14.4. The van der Waals surface area contributed by atoms with Crippen LogP contribution in [0.1, 0.15) is 88.6 Å². The van der Waals surface area contributed by atoms with Crippen LogP contribution in [0.2, 0.25) is 0 Å². The topological polar surface area (TPSA) is 296 Å². The van der Waals surface area contributed by atoms with Gasteiger partial charge in [-0.2, -0.15) is 0 Å². The number of aliphatic hydroxyl groups is 4. The Kier molecular flexibility index (Phi) is 20.0. The van der Waals surface area contributed by atoms with Gasteiger partial charge in [0, 0.05) is 44.5 Å². The van der Waals surface area contributed by atoms with E-state index in [1.165, 1.54) is 36.1 Å². The van der Waals surface area contributed by atoms with Crippen molar-refractivity contribution in [1.29, 1.82) is 0 Å². The van der Waals surface area contributed by atoms with Crippen LogP contribution in [0.4, 0.5) is 0 Å². The predicted octanol–water partition coefficient (Wildman–Crippen LogP) is 2.32. The van der Waals surface area contributed by atoms with Crippen molar-refractivity contribution in [2.75, 3.05) is 26.2 Å². The number of fused-ring (bicyclic) bond motifs is 2. The van der Waals surface area contributed by atoms with Crippen LogP contribution in [0.25, 0.3) is 22.3 Å². The molecule has 7 rings (SSSR count). The highest BCUT2D eigenvalue weighted by Gasteiger charge is 2.46. The van der Waals surface area contributed by atoms with Gasteiger partial charge in [-0.25, -0.2) is 0 Å². The second-order valence-electron chi connectivity index (χ2n) is 20.8. The van der Waals surface area contributed by atoms with Gasteiger partial charge in [0.2, 0.25) is 35.4 Å². The second kappa shape index (κ2) is 26.8. The minimum atomic E-state index is -1.83. The van der Waals surface area contributed by atoms with Gasteiger partial charge in [0.15, 0.2) is 0 Å². The van der Waals surface area contributed by atoms with Gasteiger partial charge < -0.3 is 66.7 Å². The maximum Gasteiger partial charge on any atom is 0.251 e. The first-order valence-electron chi connectivity index (χ1n) is 26.9. The molecule has 4 aromatic rings. The van der Waals surface area contributed by atoms with Crippen molar-refractivity contribution in [3.8, 4) is 33.8 Å². The van der Waals surface area contributed by atoms with Gasteiger partial charge >= 0.3 is 0 Å². The van der Waals surface area contributed by atoms with Gasteiger partial charge in [0.1, 0.15) is 47.8 Å². The van der Waals surface area contributed by atoms with Crippen molar-refractivity contribution in [1.82, 2.24) is 36.4 Å². The van der Waals surface area contributed by atoms with Gasteiger partial charge in [0.25, 0.3) is 5.91 Å². The van der Waals surface area contributed by atoms with Crippen molar-refractivity contribution < 1.29 is 63.8 Å². The summed E-state index contributed by atoms with van der Waals surface area (Å²) in [5.74, 6) is -5.44. The smallest absolute Gasteiger partial charge is 0.251 e. The molecule has 0 saturated carbocycles. The lowest BCUT2D eigenvalue weighted by atomic mass is 9.99. The molecule has 0 spiro atoms. The maximum absolute atomic E-state index is 14.4. The molecule has 20 nitrogen and oxygen atoms in total. The predicted molar refractivity (Wildman–Crippen MR) is 288 cm³/mol. The number of phenolic OH excluding ortho intramolecular Hbond substituents is 1. The molecule has 3 heterocycles. The van der Waals surface area contributed by atoms with Crippen LogP contribution < -0.4 is 31.3 Å². The Balaban J connectivity index is 1.12. The zero-order chi connectivity index (χ0) is 56.2. The Morgan fingerprint density at radius 1 is 0.667 bits per heavy atom. The van der Waals surface area contributed by atoms with Crippen LogP contribution in [-0.4, -0.2) is 164 Å². The summed E-state index contributed by atoms with van der Waals surface area (Å²) in [5.41, 5.74) is 4.33. The molecule has 0 aliphatic carbocycles. The number of carbonyl (C=O) groups is 7. The standard InChI is InChI=1S/C58H73N7O13/c1-5-7-8-25-78-44-23-19-39(20-24-44)37-13-11-36(12-14-37)38-15-17-40(18-16-38)52(71)61-46-28-42(68)30-59-54(73)47-26-33(3)31-64(47)58(77)50(34(4)66)62-56(75)51(49(70)27-35-9-21-41(67)22-10-35)63-55(74)48-29-43(69)32-65(48)57(76)45(6-2)60-53(46)72/h9-24,33-34,42-43,45-51,66-70H,5-8,25-32H2,1-4H3,(H,59,73)(H,60,72)(H,61,71)(H,62,75)(H,63,74). The zero-order valence-corrected chi connectivity index (χ0v) is 44.5.